The molecule has 0 amide bonds. The van der Waals surface area contributed by atoms with Gasteiger partial charge in [-0.1, -0.05) is 6.42 Å². The Morgan fingerprint density at radius 1 is 1.41 bits per heavy atom. The predicted octanol–water partition coefficient (Wildman–Crippen LogP) is 2.19. The third-order valence-corrected chi connectivity index (χ3v) is 3.72. The van der Waals surface area contributed by atoms with Crippen molar-refractivity contribution in [2.45, 2.75) is 45.2 Å². The quantitative estimate of drug-likeness (QED) is 0.850. The van der Waals surface area contributed by atoms with Gasteiger partial charge in [0.05, 0.1) is 0 Å². The Hall–Kier alpha value is -1.03. The zero-order valence-corrected chi connectivity index (χ0v) is 11.0. The molecule has 0 aromatic carbocycles. The smallest absolute Gasteiger partial charge is 0.202 e. The first-order valence-corrected chi connectivity index (χ1v) is 6.74. The third-order valence-electron chi connectivity index (χ3n) is 3.72. The molecule has 1 unspecified atom stereocenters. The molecular weight excluding hydrogens is 212 g/mol. The summed E-state index contributed by atoms with van der Waals surface area (Å²) in [6.45, 7) is 5.90. The van der Waals surface area contributed by atoms with Gasteiger partial charge in [-0.2, -0.15) is 0 Å². The van der Waals surface area contributed by atoms with Crippen LogP contribution in [0.1, 0.15) is 32.6 Å². The number of nitrogens with one attached hydrogen (secondary N) is 1. The van der Waals surface area contributed by atoms with Gasteiger partial charge in [0.25, 0.3) is 0 Å². The molecule has 0 radical (unpaired) electrons. The average molecular weight is 236 g/mol. The summed E-state index contributed by atoms with van der Waals surface area (Å²) >= 11 is 0. The van der Waals surface area contributed by atoms with Crippen molar-refractivity contribution in [2.75, 3.05) is 25.5 Å². The number of hydrogen-bond donors (Lipinski definition) is 1. The van der Waals surface area contributed by atoms with Gasteiger partial charge >= 0.3 is 0 Å². The minimum Gasteiger partial charge on any atom is -0.359 e. The fourth-order valence-electron chi connectivity index (χ4n) is 2.65. The summed E-state index contributed by atoms with van der Waals surface area (Å²) in [5.74, 6) is 0.969. The van der Waals surface area contributed by atoms with Crippen molar-refractivity contribution in [3.63, 3.8) is 0 Å². The molecule has 0 bridgehead atoms. The largest absolute Gasteiger partial charge is 0.359 e. The Morgan fingerprint density at radius 2 is 2.29 bits per heavy atom. The summed E-state index contributed by atoms with van der Waals surface area (Å²) in [6.07, 6.45) is 9.25. The molecule has 0 saturated carbocycles. The Morgan fingerprint density at radius 3 is 3.06 bits per heavy atom. The zero-order chi connectivity index (χ0) is 12.1. The Bertz CT molecular complexity index is 334. The van der Waals surface area contributed by atoms with E-state index in [1.54, 1.807) is 0 Å². The molecule has 4 nitrogen and oxygen atoms in total. The lowest BCUT2D eigenvalue weighted by Gasteiger charge is -2.33. The maximum Gasteiger partial charge on any atom is 0.202 e. The summed E-state index contributed by atoms with van der Waals surface area (Å²) < 4.78 is 2.19. The minimum atomic E-state index is 0.773. The predicted molar refractivity (Wildman–Crippen MR) is 71.3 cm³/mol. The summed E-state index contributed by atoms with van der Waals surface area (Å²) in [5, 5.41) is 3.11. The lowest BCUT2D eigenvalue weighted by Crippen LogP contribution is -2.38. The van der Waals surface area contributed by atoms with E-state index >= 15 is 0 Å². The molecule has 4 heteroatoms. The topological polar surface area (TPSA) is 33.1 Å². The fraction of sp³-hybridized carbons (Fsp3) is 0.769. The zero-order valence-electron chi connectivity index (χ0n) is 11.0. The first-order chi connectivity index (χ1) is 8.31. The highest BCUT2D eigenvalue weighted by Crippen LogP contribution is 2.16. The average Bonchev–Trinajstić information content (AvgIpc) is 2.79. The van der Waals surface area contributed by atoms with Crippen molar-refractivity contribution >= 4 is 5.95 Å². The number of piperidine rings is 1. The molecule has 0 spiro atoms. The van der Waals surface area contributed by atoms with Gasteiger partial charge in [-0.05, 0) is 32.7 Å². The van der Waals surface area contributed by atoms with Crippen LogP contribution >= 0.6 is 0 Å². The molecule has 96 valence electrons. The van der Waals surface area contributed by atoms with Crippen molar-refractivity contribution in [3.8, 4) is 0 Å². The number of aryl methyl sites for hydroxylation is 1. The number of likely N-dealkylation sites (tertiary alicyclic amines) is 1. The van der Waals surface area contributed by atoms with Crippen molar-refractivity contribution < 1.29 is 0 Å². The van der Waals surface area contributed by atoms with Gasteiger partial charge in [-0.15, -0.1) is 0 Å². The number of aromatic nitrogens is 2. The first-order valence-electron chi connectivity index (χ1n) is 6.74. The summed E-state index contributed by atoms with van der Waals surface area (Å²) in [5.41, 5.74) is 0. The molecule has 2 rings (SSSR count). The third kappa shape index (κ3) is 3.22. The molecule has 1 aromatic rings. The van der Waals surface area contributed by atoms with Crippen molar-refractivity contribution in [2.24, 2.45) is 0 Å². The van der Waals surface area contributed by atoms with Crippen LogP contribution in [0.15, 0.2) is 12.4 Å². The van der Waals surface area contributed by atoms with Gasteiger partial charge in [0, 0.05) is 38.6 Å². The lowest BCUT2D eigenvalue weighted by atomic mass is 10.0. The lowest BCUT2D eigenvalue weighted by molar-refractivity contribution is 0.157. The van der Waals surface area contributed by atoms with Crippen LogP contribution in [-0.4, -0.2) is 40.6 Å². The number of imidazole rings is 1. The number of rotatable bonds is 5. The van der Waals surface area contributed by atoms with Crippen LogP contribution in [0.25, 0.3) is 0 Å². The number of anilines is 1. The van der Waals surface area contributed by atoms with Crippen LogP contribution in [0, 0.1) is 0 Å². The highest BCUT2D eigenvalue weighted by atomic mass is 15.2. The second-order valence-electron chi connectivity index (χ2n) is 4.93. The van der Waals surface area contributed by atoms with Gasteiger partial charge in [0.2, 0.25) is 5.95 Å². The van der Waals surface area contributed by atoms with Crippen LogP contribution in [0.4, 0.5) is 5.95 Å². The minimum absolute atomic E-state index is 0.773. The fourth-order valence-corrected chi connectivity index (χ4v) is 2.65. The van der Waals surface area contributed by atoms with E-state index in [1.807, 2.05) is 19.4 Å². The van der Waals surface area contributed by atoms with Crippen molar-refractivity contribution in [3.05, 3.63) is 12.4 Å². The second kappa shape index (κ2) is 6.05. The van der Waals surface area contributed by atoms with Crippen LogP contribution in [0.5, 0.6) is 0 Å². The van der Waals surface area contributed by atoms with E-state index in [9.17, 15) is 0 Å². The Labute approximate surface area is 104 Å². The van der Waals surface area contributed by atoms with E-state index in [1.165, 1.54) is 38.8 Å². The second-order valence-corrected chi connectivity index (χ2v) is 4.93. The van der Waals surface area contributed by atoms with E-state index < -0.39 is 0 Å². The van der Waals surface area contributed by atoms with Gasteiger partial charge in [-0.3, -0.25) is 0 Å². The molecule has 2 heterocycles. The summed E-state index contributed by atoms with van der Waals surface area (Å²) in [6, 6.07) is 0.773. The van der Waals surface area contributed by atoms with E-state index in [2.05, 4.69) is 26.7 Å². The number of hydrogen-bond acceptors (Lipinski definition) is 3. The molecule has 0 aliphatic carbocycles. The molecule has 1 fully saturated rings. The monoisotopic (exact) mass is 236 g/mol. The Balaban J connectivity index is 1.75. The molecule has 17 heavy (non-hydrogen) atoms. The summed E-state index contributed by atoms with van der Waals surface area (Å²) in [7, 11) is 1.92. The van der Waals surface area contributed by atoms with E-state index in [-0.39, 0.29) is 0 Å². The SMILES string of the molecule is CNc1nccn1CCCN1CCCCC1C. The van der Waals surface area contributed by atoms with Gasteiger partial charge in [0.1, 0.15) is 0 Å². The summed E-state index contributed by atoms with van der Waals surface area (Å²) in [4.78, 5) is 6.88. The molecule has 1 atom stereocenters. The highest BCUT2D eigenvalue weighted by Gasteiger charge is 2.17. The molecule has 1 N–H and O–H groups in total. The van der Waals surface area contributed by atoms with E-state index in [0.717, 1.165) is 18.5 Å². The molecule has 1 aromatic heterocycles. The van der Waals surface area contributed by atoms with Gasteiger partial charge in [0.15, 0.2) is 0 Å². The van der Waals surface area contributed by atoms with Gasteiger partial charge in [-0.25, -0.2) is 4.98 Å². The van der Waals surface area contributed by atoms with E-state index in [4.69, 9.17) is 0 Å². The van der Waals surface area contributed by atoms with Crippen molar-refractivity contribution in [1.29, 1.82) is 0 Å². The van der Waals surface area contributed by atoms with Crippen LogP contribution in [0.2, 0.25) is 0 Å². The normalized spacial score (nSPS) is 21.6. The van der Waals surface area contributed by atoms with Crippen LogP contribution in [0.3, 0.4) is 0 Å². The van der Waals surface area contributed by atoms with Crippen LogP contribution < -0.4 is 5.32 Å². The first kappa shape index (κ1) is 12.4. The van der Waals surface area contributed by atoms with Gasteiger partial charge < -0.3 is 14.8 Å². The standard InChI is InChI=1S/C13H24N4/c1-12-6-3-4-8-16(12)9-5-10-17-11-7-15-13(17)14-2/h7,11-12H,3-6,8-10H2,1-2H3,(H,14,15). The maximum atomic E-state index is 4.25. The highest BCUT2D eigenvalue weighted by molar-refractivity contribution is 5.23. The maximum absolute atomic E-state index is 4.25. The molecular formula is C13H24N4. The van der Waals surface area contributed by atoms with Crippen LogP contribution in [-0.2, 0) is 6.54 Å². The molecule has 1 aliphatic heterocycles. The van der Waals surface area contributed by atoms with E-state index in [0.29, 0.717) is 0 Å². The number of nitrogens with zero attached hydrogens (tertiary/aromatic N) is 3. The Kier molecular flexibility index (Phi) is 4.42. The van der Waals surface area contributed by atoms with Crippen molar-refractivity contribution in [1.82, 2.24) is 14.5 Å². The molecule has 1 saturated heterocycles. The molecule has 1 aliphatic rings.